The fourth-order valence-corrected chi connectivity index (χ4v) is 2.52. The van der Waals surface area contributed by atoms with Crippen LogP contribution >= 0.6 is 0 Å². The van der Waals surface area contributed by atoms with Gasteiger partial charge in [0.25, 0.3) is 0 Å². The topological polar surface area (TPSA) is 15.3 Å². The van der Waals surface area contributed by atoms with Crippen LogP contribution in [0, 0.1) is 0 Å². The van der Waals surface area contributed by atoms with Crippen LogP contribution in [0.1, 0.15) is 18.9 Å². The van der Waals surface area contributed by atoms with E-state index in [0.717, 1.165) is 0 Å². The molecule has 2 atom stereocenters. The van der Waals surface area contributed by atoms with Crippen molar-refractivity contribution in [1.82, 2.24) is 5.43 Å². The Morgan fingerprint density at radius 3 is 3.15 bits per heavy atom. The van der Waals surface area contributed by atoms with Crippen molar-refractivity contribution in [3.8, 4) is 0 Å². The lowest BCUT2D eigenvalue weighted by molar-refractivity contribution is 0.640. The molecule has 2 heteroatoms. The Labute approximate surface area is 78.5 Å². The Morgan fingerprint density at radius 1 is 1.38 bits per heavy atom. The van der Waals surface area contributed by atoms with Crippen LogP contribution in [0.4, 0.5) is 5.69 Å². The van der Waals surface area contributed by atoms with Gasteiger partial charge in [0, 0.05) is 6.04 Å². The van der Waals surface area contributed by atoms with Crippen LogP contribution in [0.2, 0.25) is 0 Å². The van der Waals surface area contributed by atoms with E-state index in [1.54, 1.807) is 0 Å². The summed E-state index contributed by atoms with van der Waals surface area (Å²) in [6, 6.07) is 10.0. The summed E-state index contributed by atoms with van der Waals surface area (Å²) in [5.41, 5.74) is 6.38. The minimum absolute atomic E-state index is 0.637. The van der Waals surface area contributed by atoms with Crippen LogP contribution < -0.4 is 10.4 Å². The van der Waals surface area contributed by atoms with E-state index >= 15 is 0 Å². The number of hydrogen-bond acceptors (Lipinski definition) is 2. The Balaban J connectivity index is 2.02. The highest BCUT2D eigenvalue weighted by molar-refractivity contribution is 5.59. The lowest BCUT2D eigenvalue weighted by Crippen LogP contribution is -2.36. The summed E-state index contributed by atoms with van der Waals surface area (Å²) in [6.07, 6.45) is 2.49. The van der Waals surface area contributed by atoms with Crippen molar-refractivity contribution in [2.45, 2.75) is 31.8 Å². The summed E-state index contributed by atoms with van der Waals surface area (Å²) in [7, 11) is 0. The van der Waals surface area contributed by atoms with E-state index in [-0.39, 0.29) is 0 Å². The van der Waals surface area contributed by atoms with Crippen LogP contribution in [-0.4, -0.2) is 12.1 Å². The van der Waals surface area contributed by atoms with Gasteiger partial charge in [-0.3, -0.25) is 0 Å². The summed E-state index contributed by atoms with van der Waals surface area (Å²) in [4.78, 5) is 0. The zero-order valence-corrected chi connectivity index (χ0v) is 7.83. The summed E-state index contributed by atoms with van der Waals surface area (Å²) in [5.74, 6) is 0. The number of anilines is 1. The van der Waals surface area contributed by atoms with Gasteiger partial charge in [0.05, 0.1) is 11.7 Å². The molecule has 0 amide bonds. The van der Waals surface area contributed by atoms with E-state index in [1.165, 1.54) is 24.1 Å². The molecule has 0 radical (unpaired) electrons. The first-order chi connectivity index (χ1) is 6.34. The number of fused-ring (bicyclic) bond motifs is 3. The fraction of sp³-hybridized carbons (Fsp3) is 0.455. The first kappa shape index (κ1) is 7.39. The number of nitrogens with one attached hydrogen (secondary N) is 1. The average Bonchev–Trinajstić information content (AvgIpc) is 2.60. The second kappa shape index (κ2) is 2.48. The fourth-order valence-electron chi connectivity index (χ4n) is 2.52. The molecule has 13 heavy (non-hydrogen) atoms. The van der Waals surface area contributed by atoms with Gasteiger partial charge in [-0.2, -0.15) is 0 Å². The first-order valence-electron chi connectivity index (χ1n) is 4.98. The van der Waals surface area contributed by atoms with Crippen LogP contribution in [0.15, 0.2) is 24.3 Å². The lowest BCUT2D eigenvalue weighted by Gasteiger charge is -2.18. The van der Waals surface area contributed by atoms with Crippen molar-refractivity contribution in [1.29, 1.82) is 0 Å². The van der Waals surface area contributed by atoms with Gasteiger partial charge in [0.1, 0.15) is 0 Å². The molecule has 1 aromatic rings. The quantitative estimate of drug-likeness (QED) is 0.644. The van der Waals surface area contributed by atoms with Crippen LogP contribution in [-0.2, 0) is 6.42 Å². The molecular weight excluding hydrogens is 160 g/mol. The van der Waals surface area contributed by atoms with Crippen molar-refractivity contribution < 1.29 is 0 Å². The van der Waals surface area contributed by atoms with Crippen molar-refractivity contribution in [3.05, 3.63) is 29.8 Å². The van der Waals surface area contributed by atoms with Gasteiger partial charge in [-0.05, 0) is 31.4 Å². The monoisotopic (exact) mass is 174 g/mol. The maximum Gasteiger partial charge on any atom is 0.0555 e. The predicted molar refractivity (Wildman–Crippen MR) is 53.6 cm³/mol. The van der Waals surface area contributed by atoms with Crippen LogP contribution in [0.5, 0.6) is 0 Å². The lowest BCUT2D eigenvalue weighted by atomic mass is 10.1. The summed E-state index contributed by atoms with van der Waals surface area (Å²) < 4.78 is 0. The molecule has 0 aromatic heterocycles. The number of hydrogen-bond donors (Lipinski definition) is 1. The molecule has 2 nitrogen and oxygen atoms in total. The number of para-hydroxylation sites is 1. The Kier molecular flexibility index (Phi) is 1.41. The molecule has 2 aliphatic rings. The van der Waals surface area contributed by atoms with Crippen LogP contribution in [0.25, 0.3) is 0 Å². The molecule has 1 fully saturated rings. The van der Waals surface area contributed by atoms with Gasteiger partial charge in [0.2, 0.25) is 0 Å². The van der Waals surface area contributed by atoms with E-state index in [4.69, 9.17) is 0 Å². The Morgan fingerprint density at radius 2 is 2.23 bits per heavy atom. The molecule has 0 saturated carbocycles. The summed E-state index contributed by atoms with van der Waals surface area (Å²) in [6.45, 7) is 2.25. The summed E-state index contributed by atoms with van der Waals surface area (Å²) >= 11 is 0. The normalized spacial score (nSPS) is 30.4. The minimum atomic E-state index is 0.637. The van der Waals surface area contributed by atoms with E-state index in [1.807, 2.05) is 0 Å². The second-order valence-electron chi connectivity index (χ2n) is 4.12. The molecule has 3 rings (SSSR count). The van der Waals surface area contributed by atoms with E-state index < -0.39 is 0 Å². The molecule has 2 aliphatic heterocycles. The maximum absolute atomic E-state index is 3.51. The molecule has 1 aromatic carbocycles. The Hall–Kier alpha value is -1.02. The third kappa shape index (κ3) is 0.985. The van der Waals surface area contributed by atoms with Crippen molar-refractivity contribution in [3.63, 3.8) is 0 Å². The highest BCUT2D eigenvalue weighted by atomic mass is 15.6. The predicted octanol–water partition coefficient (Wildman–Crippen LogP) is 1.71. The Bertz CT molecular complexity index is 335. The van der Waals surface area contributed by atoms with Crippen LogP contribution in [0.3, 0.4) is 0 Å². The largest absolute Gasteiger partial charge is 0.304 e. The van der Waals surface area contributed by atoms with Crippen molar-refractivity contribution in [2.75, 3.05) is 5.01 Å². The number of hydrazine groups is 1. The SMILES string of the molecule is C[C@@H]1C[C@@H]2Cc3ccccc3N2N1. The third-order valence-electron chi connectivity index (χ3n) is 3.06. The molecule has 0 unspecified atom stereocenters. The maximum atomic E-state index is 3.51. The number of benzene rings is 1. The number of rotatable bonds is 0. The van der Waals surface area contributed by atoms with Gasteiger partial charge in [-0.25, -0.2) is 5.43 Å². The second-order valence-corrected chi connectivity index (χ2v) is 4.12. The highest BCUT2D eigenvalue weighted by Crippen LogP contribution is 2.35. The minimum Gasteiger partial charge on any atom is -0.304 e. The molecular formula is C11H14N2. The first-order valence-corrected chi connectivity index (χ1v) is 4.98. The molecule has 2 heterocycles. The van der Waals surface area contributed by atoms with Gasteiger partial charge in [0.15, 0.2) is 0 Å². The molecule has 0 aliphatic carbocycles. The van der Waals surface area contributed by atoms with Crippen molar-refractivity contribution in [2.24, 2.45) is 0 Å². The van der Waals surface area contributed by atoms with E-state index in [2.05, 4.69) is 41.6 Å². The molecule has 1 saturated heterocycles. The van der Waals surface area contributed by atoms with Gasteiger partial charge >= 0.3 is 0 Å². The highest BCUT2D eigenvalue weighted by Gasteiger charge is 2.35. The van der Waals surface area contributed by atoms with Gasteiger partial charge in [-0.15, -0.1) is 0 Å². The molecule has 0 spiro atoms. The smallest absolute Gasteiger partial charge is 0.0555 e. The van der Waals surface area contributed by atoms with Gasteiger partial charge < -0.3 is 5.01 Å². The molecule has 68 valence electrons. The zero-order valence-electron chi connectivity index (χ0n) is 7.83. The summed E-state index contributed by atoms with van der Waals surface area (Å²) in [5, 5.41) is 2.35. The van der Waals surface area contributed by atoms with E-state index in [0.29, 0.717) is 12.1 Å². The van der Waals surface area contributed by atoms with E-state index in [9.17, 15) is 0 Å². The average molecular weight is 174 g/mol. The number of nitrogens with zero attached hydrogens (tertiary/aromatic N) is 1. The zero-order chi connectivity index (χ0) is 8.84. The standard InChI is InChI=1S/C11H14N2/c1-8-6-10-7-9-4-2-3-5-11(9)13(10)12-8/h2-5,8,10,12H,6-7H2,1H3/t8-,10-/m1/s1. The third-order valence-corrected chi connectivity index (χ3v) is 3.06. The van der Waals surface area contributed by atoms with Crippen molar-refractivity contribution >= 4 is 5.69 Å². The molecule has 1 N–H and O–H groups in total. The van der Waals surface area contributed by atoms with Gasteiger partial charge in [-0.1, -0.05) is 18.2 Å². The molecule has 0 bridgehead atoms.